The third kappa shape index (κ3) is 5.43. The zero-order chi connectivity index (χ0) is 18.0. The summed E-state index contributed by atoms with van der Waals surface area (Å²) in [6.07, 6.45) is 0. The average Bonchev–Trinajstić information content (AvgIpc) is 2.48. The first kappa shape index (κ1) is 19.2. The molecule has 0 heterocycles. The van der Waals surface area contributed by atoms with Crippen LogP contribution in [-0.2, 0) is 21.2 Å². The summed E-state index contributed by atoms with van der Waals surface area (Å²) in [5, 5.41) is 0. The molecule has 0 fully saturated rings. The van der Waals surface area contributed by atoms with E-state index in [1.54, 1.807) is 0 Å². The molecule has 0 aliphatic heterocycles. The lowest BCUT2D eigenvalue weighted by molar-refractivity contribution is 0.565. The minimum atomic E-state index is -3.40. The van der Waals surface area contributed by atoms with Crippen molar-refractivity contribution in [3.63, 3.8) is 0 Å². The third-order valence-corrected chi connectivity index (χ3v) is 5.86. The number of hydrogen-bond acceptors (Lipinski definition) is 2. The van der Waals surface area contributed by atoms with E-state index in [0.29, 0.717) is 0 Å². The van der Waals surface area contributed by atoms with E-state index in [9.17, 15) is 8.42 Å². The van der Waals surface area contributed by atoms with E-state index in [0.717, 1.165) is 15.6 Å². The first-order valence-corrected chi connectivity index (χ1v) is 10.4. The average molecular weight is 410 g/mol. The Bertz CT molecular complexity index is 776. The van der Waals surface area contributed by atoms with Gasteiger partial charge in [0.25, 0.3) is 0 Å². The largest absolute Gasteiger partial charge is 0.216 e. The van der Waals surface area contributed by atoms with E-state index in [1.165, 1.54) is 5.56 Å². The fourth-order valence-corrected chi connectivity index (χ4v) is 4.10. The van der Waals surface area contributed by atoms with Crippen LogP contribution < -0.4 is 4.72 Å². The van der Waals surface area contributed by atoms with Gasteiger partial charge in [0.2, 0.25) is 10.0 Å². The number of rotatable bonds is 5. The van der Waals surface area contributed by atoms with E-state index in [4.69, 9.17) is 0 Å². The highest BCUT2D eigenvalue weighted by Gasteiger charge is 2.18. The Balaban J connectivity index is 2.07. The van der Waals surface area contributed by atoms with E-state index >= 15 is 0 Å². The van der Waals surface area contributed by atoms with Crippen molar-refractivity contribution in [1.29, 1.82) is 0 Å². The van der Waals surface area contributed by atoms with Gasteiger partial charge in [-0.05, 0) is 41.2 Å². The Morgan fingerprint density at radius 3 is 2.04 bits per heavy atom. The lowest BCUT2D eigenvalue weighted by Gasteiger charge is -2.20. The molecule has 2 rings (SSSR count). The Hall–Kier alpha value is -1.17. The number of halogens is 1. The molecule has 0 aromatic heterocycles. The Kier molecular flexibility index (Phi) is 5.89. The number of nitrogens with one attached hydrogen (secondary N) is 1. The van der Waals surface area contributed by atoms with Gasteiger partial charge < -0.3 is 0 Å². The lowest BCUT2D eigenvalue weighted by atomic mass is 9.86. The molecule has 130 valence electrons. The van der Waals surface area contributed by atoms with Crippen LogP contribution in [0.2, 0.25) is 0 Å². The van der Waals surface area contributed by atoms with Gasteiger partial charge in [-0.25, -0.2) is 13.1 Å². The molecule has 1 N–H and O–H groups in total. The highest BCUT2D eigenvalue weighted by Crippen LogP contribution is 2.24. The van der Waals surface area contributed by atoms with E-state index < -0.39 is 10.0 Å². The second-order valence-corrected chi connectivity index (χ2v) is 9.77. The standard InChI is InChI=1S/C19H24BrNO2S/c1-14(16-7-9-17(10-8-16)19(2,3)4)21-24(22,23)13-15-5-11-18(20)12-6-15/h5-12,14,21H,13H2,1-4H3/t14-/m0/s1. The summed E-state index contributed by atoms with van der Waals surface area (Å²) in [5.41, 5.74) is 3.04. The molecule has 3 nitrogen and oxygen atoms in total. The minimum absolute atomic E-state index is 0.0231. The Morgan fingerprint density at radius 2 is 1.54 bits per heavy atom. The van der Waals surface area contributed by atoms with Crippen molar-refractivity contribution in [1.82, 2.24) is 4.72 Å². The maximum Gasteiger partial charge on any atom is 0.216 e. The van der Waals surface area contributed by atoms with Crippen LogP contribution in [0.15, 0.2) is 53.0 Å². The monoisotopic (exact) mass is 409 g/mol. The van der Waals surface area contributed by atoms with Gasteiger partial charge in [-0.3, -0.25) is 0 Å². The van der Waals surface area contributed by atoms with E-state index in [1.807, 2.05) is 43.3 Å². The second-order valence-electron chi connectivity index (χ2n) is 7.10. The fraction of sp³-hybridized carbons (Fsp3) is 0.368. The van der Waals surface area contributed by atoms with Crippen LogP contribution in [0.3, 0.4) is 0 Å². The van der Waals surface area contributed by atoms with Crippen molar-refractivity contribution < 1.29 is 8.42 Å². The van der Waals surface area contributed by atoms with Crippen LogP contribution in [0.25, 0.3) is 0 Å². The van der Waals surface area contributed by atoms with Gasteiger partial charge >= 0.3 is 0 Å². The topological polar surface area (TPSA) is 46.2 Å². The van der Waals surface area contributed by atoms with Crippen LogP contribution in [0.1, 0.15) is 50.4 Å². The molecule has 1 atom stereocenters. The van der Waals surface area contributed by atoms with Gasteiger partial charge in [-0.1, -0.05) is 73.1 Å². The molecule has 0 saturated heterocycles. The zero-order valence-corrected chi connectivity index (χ0v) is 16.9. The molecular weight excluding hydrogens is 386 g/mol. The zero-order valence-electron chi connectivity index (χ0n) is 14.5. The quantitative estimate of drug-likeness (QED) is 0.760. The van der Waals surface area contributed by atoms with Crippen molar-refractivity contribution in [2.45, 2.75) is 44.9 Å². The van der Waals surface area contributed by atoms with Crippen molar-refractivity contribution >= 4 is 26.0 Å². The van der Waals surface area contributed by atoms with Gasteiger partial charge in [0.1, 0.15) is 0 Å². The summed E-state index contributed by atoms with van der Waals surface area (Å²) in [7, 11) is -3.40. The predicted molar refractivity (Wildman–Crippen MR) is 103 cm³/mol. The summed E-state index contributed by atoms with van der Waals surface area (Å²) in [6, 6.07) is 15.2. The van der Waals surface area contributed by atoms with Crippen LogP contribution >= 0.6 is 15.9 Å². The van der Waals surface area contributed by atoms with Gasteiger partial charge in [0, 0.05) is 10.5 Å². The summed E-state index contributed by atoms with van der Waals surface area (Å²) in [6.45, 7) is 8.34. The first-order chi connectivity index (χ1) is 11.1. The normalized spacial score (nSPS) is 13.7. The van der Waals surface area contributed by atoms with Crippen molar-refractivity contribution in [2.24, 2.45) is 0 Å². The summed E-state index contributed by atoms with van der Waals surface area (Å²) >= 11 is 3.35. The van der Waals surface area contributed by atoms with Gasteiger partial charge in [0.05, 0.1) is 5.75 Å². The maximum absolute atomic E-state index is 12.4. The molecule has 0 amide bonds. The molecule has 0 aliphatic rings. The molecule has 2 aromatic carbocycles. The molecular formula is C19H24BrNO2S. The Morgan fingerprint density at radius 1 is 1.00 bits per heavy atom. The molecule has 0 spiro atoms. The third-order valence-electron chi connectivity index (χ3n) is 3.90. The molecule has 0 bridgehead atoms. The molecule has 5 heteroatoms. The van der Waals surface area contributed by atoms with Gasteiger partial charge in [-0.2, -0.15) is 0 Å². The van der Waals surface area contributed by atoms with E-state index in [2.05, 4.69) is 53.6 Å². The smallest absolute Gasteiger partial charge is 0.212 e. The lowest BCUT2D eigenvalue weighted by Crippen LogP contribution is -2.28. The van der Waals surface area contributed by atoms with Gasteiger partial charge in [-0.15, -0.1) is 0 Å². The summed E-state index contributed by atoms with van der Waals surface area (Å²) < 4.78 is 28.4. The van der Waals surface area contributed by atoms with Crippen molar-refractivity contribution in [2.75, 3.05) is 0 Å². The van der Waals surface area contributed by atoms with Crippen molar-refractivity contribution in [3.8, 4) is 0 Å². The molecule has 0 aliphatic carbocycles. The van der Waals surface area contributed by atoms with Gasteiger partial charge in [0.15, 0.2) is 0 Å². The van der Waals surface area contributed by atoms with Crippen molar-refractivity contribution in [3.05, 3.63) is 69.7 Å². The van der Waals surface area contributed by atoms with E-state index in [-0.39, 0.29) is 17.2 Å². The molecule has 0 unspecified atom stereocenters. The highest BCUT2D eigenvalue weighted by atomic mass is 79.9. The second kappa shape index (κ2) is 7.38. The first-order valence-electron chi connectivity index (χ1n) is 7.92. The molecule has 0 radical (unpaired) electrons. The minimum Gasteiger partial charge on any atom is -0.212 e. The highest BCUT2D eigenvalue weighted by molar-refractivity contribution is 9.10. The summed E-state index contributed by atoms with van der Waals surface area (Å²) in [5.74, 6) is -0.0231. The molecule has 0 saturated carbocycles. The number of hydrogen-bond donors (Lipinski definition) is 1. The van der Waals surface area contributed by atoms with Crippen LogP contribution in [-0.4, -0.2) is 8.42 Å². The fourth-order valence-electron chi connectivity index (χ4n) is 2.45. The predicted octanol–water partition coefficient (Wildman–Crippen LogP) is 4.93. The maximum atomic E-state index is 12.4. The summed E-state index contributed by atoms with van der Waals surface area (Å²) in [4.78, 5) is 0. The number of benzene rings is 2. The van der Waals surface area contributed by atoms with Crippen LogP contribution in [0.5, 0.6) is 0 Å². The SMILES string of the molecule is C[C@H](NS(=O)(=O)Cc1ccc(Br)cc1)c1ccc(C(C)(C)C)cc1. The molecule has 24 heavy (non-hydrogen) atoms. The number of sulfonamides is 1. The Labute approximate surface area is 153 Å². The van der Waals surface area contributed by atoms with Crippen LogP contribution in [0.4, 0.5) is 0 Å². The van der Waals surface area contributed by atoms with Crippen LogP contribution in [0, 0.1) is 0 Å². The molecule has 2 aromatic rings.